The zero-order chi connectivity index (χ0) is 39.2. The molecule has 2 aliphatic heterocycles. The molecule has 4 heterocycles. The molecular formula is C39H50N8O8S. The third kappa shape index (κ3) is 11.2. The number of nitrogens with one attached hydrogen (secondary N) is 5. The van der Waals surface area contributed by atoms with Gasteiger partial charge in [-0.3, -0.25) is 29.3 Å². The summed E-state index contributed by atoms with van der Waals surface area (Å²) in [5.74, 6) is -0.705. The van der Waals surface area contributed by atoms with Crippen molar-refractivity contribution in [2.45, 2.75) is 64.0 Å². The Kier molecular flexibility index (Phi) is 14.9. The Morgan fingerprint density at radius 2 is 1.71 bits per heavy atom. The second-order valence-corrected chi connectivity index (χ2v) is 15.0. The molecule has 56 heavy (non-hydrogen) atoms. The number of rotatable bonds is 21. The van der Waals surface area contributed by atoms with Gasteiger partial charge >= 0.3 is 0 Å². The fourth-order valence-electron chi connectivity index (χ4n) is 7.32. The largest absolute Gasteiger partial charge is 0.378 e. The third-order valence-electron chi connectivity index (χ3n) is 10.1. The van der Waals surface area contributed by atoms with E-state index in [-0.39, 0.29) is 62.8 Å². The number of hydrogen-bond donors (Lipinski definition) is 5. The Morgan fingerprint density at radius 1 is 0.929 bits per heavy atom. The van der Waals surface area contributed by atoms with E-state index >= 15 is 0 Å². The molecule has 0 bridgehead atoms. The Balaban J connectivity index is 0.787. The van der Waals surface area contributed by atoms with Crippen molar-refractivity contribution in [1.82, 2.24) is 30.8 Å². The number of carbonyl (C=O) groups excluding carboxylic acids is 5. The molecule has 2 aromatic heterocycles. The van der Waals surface area contributed by atoms with Crippen molar-refractivity contribution in [3.05, 3.63) is 64.8 Å². The lowest BCUT2D eigenvalue weighted by atomic mass is 9.70. The fourth-order valence-corrected chi connectivity index (χ4v) is 7.85. The molecule has 17 heteroatoms. The van der Waals surface area contributed by atoms with Gasteiger partial charge in [0.1, 0.15) is 18.5 Å². The van der Waals surface area contributed by atoms with E-state index < -0.39 is 17.4 Å². The summed E-state index contributed by atoms with van der Waals surface area (Å²) >= 11 is 1.51. The summed E-state index contributed by atoms with van der Waals surface area (Å²) in [5, 5.41) is 17.5. The van der Waals surface area contributed by atoms with Crippen LogP contribution in [0.25, 0.3) is 0 Å². The SMILES string of the molecule is O=C1CCC(N2Cc3c(NC(=O)COCCOCCOCCNCCNC(=O)C4(Cc5cccc(Nc6nccs6)n5)CCCCC4)cccc3C2=O)C(=O)N1. The molecule has 0 radical (unpaired) electrons. The van der Waals surface area contributed by atoms with Crippen molar-refractivity contribution >= 4 is 57.5 Å². The molecule has 1 aromatic carbocycles. The summed E-state index contributed by atoms with van der Waals surface area (Å²) in [5.41, 5.74) is 1.96. The van der Waals surface area contributed by atoms with E-state index in [1.54, 1.807) is 24.4 Å². The average Bonchev–Trinajstić information content (AvgIpc) is 3.83. The minimum absolute atomic E-state index is 0.0919. The highest BCUT2D eigenvalue weighted by atomic mass is 32.1. The molecular weight excluding hydrogens is 741 g/mol. The smallest absolute Gasteiger partial charge is 0.255 e. The number of pyridine rings is 1. The molecule has 1 aliphatic carbocycles. The topological polar surface area (TPSA) is 202 Å². The monoisotopic (exact) mass is 790 g/mol. The van der Waals surface area contributed by atoms with Gasteiger partial charge in [-0.05, 0) is 43.5 Å². The van der Waals surface area contributed by atoms with Gasteiger partial charge in [0, 0.05) is 73.1 Å². The summed E-state index contributed by atoms with van der Waals surface area (Å²) in [7, 11) is 0. The Labute approximate surface area is 329 Å². The van der Waals surface area contributed by atoms with Crippen LogP contribution in [-0.4, -0.2) is 110 Å². The highest BCUT2D eigenvalue weighted by Crippen LogP contribution is 2.39. The van der Waals surface area contributed by atoms with Crippen molar-refractivity contribution < 1.29 is 38.2 Å². The number of imide groups is 1. The summed E-state index contributed by atoms with van der Waals surface area (Å²) in [6.45, 7) is 3.53. The normalized spacial score (nSPS) is 17.7. The molecule has 1 atom stereocenters. The van der Waals surface area contributed by atoms with Crippen molar-refractivity contribution in [3.8, 4) is 0 Å². The number of benzene rings is 1. The highest BCUT2D eigenvalue weighted by Gasteiger charge is 2.41. The Morgan fingerprint density at radius 3 is 2.50 bits per heavy atom. The van der Waals surface area contributed by atoms with E-state index in [2.05, 4.69) is 31.6 Å². The first kappa shape index (κ1) is 40.8. The standard InChI is InChI=1S/C39H50N8O8S/c48-33-11-10-31(35(50)46-33)47-25-29-28(36(47)51)7-5-8-30(29)44-34(49)26-55-22-21-54-20-19-53-18-16-40-14-15-41-37(52)39(12-2-1-3-13-39)24-27-6-4-9-32(43-27)45-38-42-17-23-56-38/h4-9,17,23,31,40H,1-3,10-16,18-22,24-26H2,(H,41,52)(H,44,49)(H,42,43,45)(H,46,48,50). The number of piperidine rings is 1. The van der Waals surface area contributed by atoms with E-state index in [9.17, 15) is 24.0 Å². The van der Waals surface area contributed by atoms with Gasteiger partial charge in [0.25, 0.3) is 5.91 Å². The van der Waals surface area contributed by atoms with Gasteiger partial charge in [-0.25, -0.2) is 9.97 Å². The maximum absolute atomic E-state index is 13.5. The second-order valence-electron chi connectivity index (χ2n) is 14.1. The van der Waals surface area contributed by atoms with E-state index in [0.29, 0.717) is 62.7 Å². The summed E-state index contributed by atoms with van der Waals surface area (Å²) < 4.78 is 16.6. The Hall–Kier alpha value is -4.81. The van der Waals surface area contributed by atoms with Gasteiger partial charge in [0.05, 0.1) is 38.4 Å². The number of ether oxygens (including phenoxy) is 3. The lowest BCUT2D eigenvalue weighted by molar-refractivity contribution is -0.137. The number of hydrogen-bond acceptors (Lipinski definition) is 13. The number of fused-ring (bicyclic) bond motifs is 1. The molecule has 5 N–H and O–H groups in total. The summed E-state index contributed by atoms with van der Waals surface area (Å²) in [6, 6.07) is 10.2. The van der Waals surface area contributed by atoms with Gasteiger partial charge in [-0.2, -0.15) is 0 Å². The molecule has 6 rings (SSSR count). The minimum atomic E-state index is -0.732. The molecule has 1 saturated heterocycles. The van der Waals surface area contributed by atoms with Crippen LogP contribution < -0.4 is 26.6 Å². The van der Waals surface area contributed by atoms with Crippen LogP contribution in [-0.2, 0) is 46.4 Å². The predicted octanol–water partition coefficient (Wildman–Crippen LogP) is 2.93. The highest BCUT2D eigenvalue weighted by molar-refractivity contribution is 7.13. The van der Waals surface area contributed by atoms with E-state index in [0.717, 1.165) is 48.7 Å². The lowest BCUT2D eigenvalue weighted by Gasteiger charge is -2.35. The van der Waals surface area contributed by atoms with Crippen LogP contribution in [0.4, 0.5) is 16.6 Å². The quantitative estimate of drug-likeness (QED) is 0.0782. The van der Waals surface area contributed by atoms with E-state index in [1.165, 1.54) is 16.2 Å². The number of nitrogens with zero attached hydrogens (tertiary/aromatic N) is 3. The Bertz CT molecular complexity index is 1820. The molecule has 16 nitrogen and oxygen atoms in total. The number of carbonyl (C=O) groups is 5. The van der Waals surface area contributed by atoms with Crippen molar-refractivity contribution in [2.75, 3.05) is 69.9 Å². The number of thiazole rings is 1. The third-order valence-corrected chi connectivity index (χ3v) is 10.8. The van der Waals surface area contributed by atoms with Gasteiger partial charge in [-0.1, -0.05) is 31.4 Å². The van der Waals surface area contributed by atoms with Gasteiger partial charge < -0.3 is 40.4 Å². The second kappa shape index (κ2) is 20.4. The summed E-state index contributed by atoms with van der Waals surface area (Å²) in [6.07, 6.45) is 7.70. The zero-order valence-corrected chi connectivity index (χ0v) is 32.3. The number of aromatic nitrogens is 2. The van der Waals surface area contributed by atoms with E-state index in [4.69, 9.17) is 19.2 Å². The van der Waals surface area contributed by atoms with Crippen LogP contribution in [0.5, 0.6) is 0 Å². The van der Waals surface area contributed by atoms with Crippen LogP contribution in [0.3, 0.4) is 0 Å². The average molecular weight is 791 g/mol. The van der Waals surface area contributed by atoms with Crippen LogP contribution in [0.1, 0.15) is 66.6 Å². The zero-order valence-electron chi connectivity index (χ0n) is 31.4. The fraction of sp³-hybridized carbons (Fsp3) is 0.513. The van der Waals surface area contributed by atoms with Gasteiger partial charge in [0.2, 0.25) is 23.6 Å². The van der Waals surface area contributed by atoms with Crippen LogP contribution >= 0.6 is 11.3 Å². The van der Waals surface area contributed by atoms with Crippen molar-refractivity contribution in [2.24, 2.45) is 5.41 Å². The van der Waals surface area contributed by atoms with E-state index in [1.807, 2.05) is 23.6 Å². The van der Waals surface area contributed by atoms with Crippen molar-refractivity contribution in [1.29, 1.82) is 0 Å². The molecule has 1 saturated carbocycles. The molecule has 300 valence electrons. The molecule has 3 aromatic rings. The first-order chi connectivity index (χ1) is 27.3. The van der Waals surface area contributed by atoms with Crippen molar-refractivity contribution in [3.63, 3.8) is 0 Å². The molecule has 2 fully saturated rings. The minimum Gasteiger partial charge on any atom is -0.378 e. The molecule has 5 amide bonds. The van der Waals surface area contributed by atoms with Crippen LogP contribution in [0, 0.1) is 5.41 Å². The van der Waals surface area contributed by atoms with Gasteiger partial charge in [0.15, 0.2) is 5.13 Å². The number of amides is 5. The molecule has 0 spiro atoms. The maximum atomic E-state index is 13.5. The lowest BCUT2D eigenvalue weighted by Crippen LogP contribution is -2.52. The molecule has 1 unspecified atom stereocenters. The molecule has 3 aliphatic rings. The van der Waals surface area contributed by atoms with Crippen LogP contribution in [0.15, 0.2) is 48.0 Å². The van der Waals surface area contributed by atoms with Crippen LogP contribution in [0.2, 0.25) is 0 Å². The summed E-state index contributed by atoms with van der Waals surface area (Å²) in [4.78, 5) is 73.5. The maximum Gasteiger partial charge on any atom is 0.255 e. The first-order valence-corrected chi connectivity index (χ1v) is 20.1. The number of anilines is 3. The predicted molar refractivity (Wildman–Crippen MR) is 208 cm³/mol. The van der Waals surface area contributed by atoms with Gasteiger partial charge in [-0.15, -0.1) is 11.3 Å². The first-order valence-electron chi connectivity index (χ1n) is 19.2.